The lowest BCUT2D eigenvalue weighted by Crippen LogP contribution is -2.11. The number of hydrogen-bond donors (Lipinski definition) is 1. The number of hydrogen-bond acceptors (Lipinski definition) is 4. The van der Waals surface area contributed by atoms with Gasteiger partial charge >= 0.3 is 0 Å². The van der Waals surface area contributed by atoms with Gasteiger partial charge in [-0.25, -0.2) is 0 Å². The lowest BCUT2D eigenvalue weighted by Gasteiger charge is -2.07. The maximum atomic E-state index is 12.2. The molecule has 3 aromatic rings. The number of carbonyl (C=O) groups excluding carboxylic acids is 1. The van der Waals surface area contributed by atoms with Crippen molar-refractivity contribution >= 4 is 23.2 Å². The monoisotopic (exact) mass is 313 g/mol. The number of carbonyl (C=O) groups is 1. The number of nitrogens with zero attached hydrogens (tertiary/aromatic N) is 2. The average molecular weight is 314 g/mol. The Hall–Kier alpha value is -2.66. The summed E-state index contributed by atoms with van der Waals surface area (Å²) >= 11 is 6.02. The predicted molar refractivity (Wildman–Crippen MR) is 83.9 cm³/mol. The molecular weight excluding hydrogens is 302 g/mol. The number of amides is 1. The number of para-hydroxylation sites is 1. The van der Waals surface area contributed by atoms with E-state index < -0.39 is 0 Å². The van der Waals surface area contributed by atoms with Crippen LogP contribution in [-0.4, -0.2) is 16.0 Å². The second-order valence-electron chi connectivity index (χ2n) is 4.65. The van der Waals surface area contributed by atoms with E-state index in [0.717, 1.165) is 5.56 Å². The average Bonchev–Trinajstić information content (AvgIpc) is 2.96. The molecule has 22 heavy (non-hydrogen) atoms. The Kier molecular flexibility index (Phi) is 3.89. The molecule has 1 aromatic heterocycles. The normalized spacial score (nSPS) is 10.5. The van der Waals surface area contributed by atoms with Crippen molar-refractivity contribution in [3.63, 3.8) is 0 Å². The zero-order valence-corrected chi connectivity index (χ0v) is 12.5. The highest BCUT2D eigenvalue weighted by molar-refractivity contribution is 6.33. The van der Waals surface area contributed by atoms with Gasteiger partial charge in [0.15, 0.2) is 0 Å². The largest absolute Gasteiger partial charge is 0.339 e. The third-order valence-electron chi connectivity index (χ3n) is 3.05. The van der Waals surface area contributed by atoms with E-state index in [1.807, 2.05) is 6.07 Å². The van der Waals surface area contributed by atoms with E-state index in [0.29, 0.717) is 28.0 Å². The van der Waals surface area contributed by atoms with Gasteiger partial charge in [0, 0.05) is 18.1 Å². The highest BCUT2D eigenvalue weighted by atomic mass is 35.5. The van der Waals surface area contributed by atoms with Crippen LogP contribution >= 0.6 is 11.6 Å². The molecule has 0 radical (unpaired) electrons. The van der Waals surface area contributed by atoms with Gasteiger partial charge < -0.3 is 9.84 Å². The molecular formula is C16H12ClN3O2. The van der Waals surface area contributed by atoms with Crippen molar-refractivity contribution in [3.05, 3.63) is 65.0 Å². The van der Waals surface area contributed by atoms with E-state index in [1.54, 1.807) is 49.4 Å². The Morgan fingerprint density at radius 2 is 1.86 bits per heavy atom. The van der Waals surface area contributed by atoms with Gasteiger partial charge in [0.2, 0.25) is 11.7 Å². The minimum atomic E-state index is -0.232. The van der Waals surface area contributed by atoms with Gasteiger partial charge in [0.25, 0.3) is 5.91 Å². The fourth-order valence-electron chi connectivity index (χ4n) is 1.94. The summed E-state index contributed by atoms with van der Waals surface area (Å²) in [5.74, 6) is 0.759. The number of halogens is 1. The van der Waals surface area contributed by atoms with E-state index in [1.165, 1.54) is 0 Å². The number of aromatic nitrogens is 2. The van der Waals surface area contributed by atoms with Gasteiger partial charge in [-0.15, -0.1) is 0 Å². The van der Waals surface area contributed by atoms with E-state index in [2.05, 4.69) is 15.5 Å². The van der Waals surface area contributed by atoms with Crippen LogP contribution in [0, 0.1) is 6.92 Å². The van der Waals surface area contributed by atoms with E-state index in [-0.39, 0.29) is 5.91 Å². The van der Waals surface area contributed by atoms with Gasteiger partial charge in [-0.1, -0.05) is 41.0 Å². The molecule has 110 valence electrons. The van der Waals surface area contributed by atoms with Crippen molar-refractivity contribution in [2.75, 3.05) is 5.32 Å². The molecule has 0 saturated carbocycles. The number of aryl methyl sites for hydroxylation is 1. The number of benzene rings is 2. The van der Waals surface area contributed by atoms with Gasteiger partial charge in [0.1, 0.15) is 0 Å². The van der Waals surface area contributed by atoms with Gasteiger partial charge in [-0.2, -0.15) is 4.98 Å². The third-order valence-corrected chi connectivity index (χ3v) is 3.38. The number of nitrogens with one attached hydrogen (secondary N) is 1. The Morgan fingerprint density at radius 1 is 1.14 bits per heavy atom. The first kappa shape index (κ1) is 14.3. The smallest absolute Gasteiger partial charge is 0.255 e. The van der Waals surface area contributed by atoms with E-state index in [9.17, 15) is 4.79 Å². The van der Waals surface area contributed by atoms with Crippen LogP contribution in [0.1, 0.15) is 16.2 Å². The SMILES string of the molecule is Cc1nc(-c2ccc(C(=O)Nc3ccccc3Cl)cc2)no1. The summed E-state index contributed by atoms with van der Waals surface area (Å²) in [6.45, 7) is 1.72. The van der Waals surface area contributed by atoms with Crippen molar-refractivity contribution in [3.8, 4) is 11.4 Å². The molecule has 0 unspecified atom stereocenters. The highest BCUT2D eigenvalue weighted by Gasteiger charge is 2.10. The zero-order valence-electron chi connectivity index (χ0n) is 11.7. The van der Waals surface area contributed by atoms with Gasteiger partial charge in [0.05, 0.1) is 10.7 Å². The molecule has 0 fully saturated rings. The minimum Gasteiger partial charge on any atom is -0.339 e. The van der Waals surface area contributed by atoms with E-state index in [4.69, 9.17) is 16.1 Å². The Bertz CT molecular complexity index is 812. The molecule has 1 N–H and O–H groups in total. The molecule has 0 bridgehead atoms. The maximum Gasteiger partial charge on any atom is 0.255 e. The number of rotatable bonds is 3. The summed E-state index contributed by atoms with van der Waals surface area (Å²) in [4.78, 5) is 16.3. The first-order chi connectivity index (χ1) is 10.6. The summed E-state index contributed by atoms with van der Waals surface area (Å²) < 4.78 is 4.93. The van der Waals surface area contributed by atoms with Crippen LogP contribution in [0.3, 0.4) is 0 Å². The van der Waals surface area contributed by atoms with Crippen LogP contribution in [-0.2, 0) is 0 Å². The molecule has 0 aliphatic carbocycles. The van der Waals surface area contributed by atoms with Crippen LogP contribution in [0.15, 0.2) is 53.1 Å². The van der Waals surface area contributed by atoms with Crippen molar-refractivity contribution in [1.29, 1.82) is 0 Å². The first-order valence-electron chi connectivity index (χ1n) is 6.60. The summed E-state index contributed by atoms with van der Waals surface area (Å²) in [6, 6.07) is 14.0. The fraction of sp³-hybridized carbons (Fsp3) is 0.0625. The molecule has 0 atom stereocenters. The van der Waals surface area contributed by atoms with Crippen molar-refractivity contribution in [1.82, 2.24) is 10.1 Å². The van der Waals surface area contributed by atoms with Gasteiger partial charge in [-0.05, 0) is 24.3 Å². The zero-order chi connectivity index (χ0) is 15.5. The Labute approximate surface area is 131 Å². The standard InChI is InChI=1S/C16H12ClN3O2/c1-10-18-15(20-22-10)11-6-8-12(9-7-11)16(21)19-14-5-3-2-4-13(14)17/h2-9H,1H3,(H,19,21). The second kappa shape index (κ2) is 5.99. The highest BCUT2D eigenvalue weighted by Crippen LogP contribution is 2.22. The van der Waals surface area contributed by atoms with Crippen molar-refractivity contribution < 1.29 is 9.32 Å². The topological polar surface area (TPSA) is 68.0 Å². The van der Waals surface area contributed by atoms with Gasteiger partial charge in [-0.3, -0.25) is 4.79 Å². The maximum absolute atomic E-state index is 12.2. The molecule has 0 saturated heterocycles. The molecule has 0 spiro atoms. The number of anilines is 1. The minimum absolute atomic E-state index is 0.232. The predicted octanol–water partition coefficient (Wildman–Crippen LogP) is 3.95. The summed E-state index contributed by atoms with van der Waals surface area (Å²) in [5, 5.41) is 7.10. The molecule has 0 aliphatic rings. The Balaban J connectivity index is 1.78. The van der Waals surface area contributed by atoms with E-state index >= 15 is 0 Å². The fourth-order valence-corrected chi connectivity index (χ4v) is 2.13. The third kappa shape index (κ3) is 2.99. The van der Waals surface area contributed by atoms with Crippen LogP contribution < -0.4 is 5.32 Å². The Morgan fingerprint density at radius 3 is 2.50 bits per heavy atom. The molecule has 3 rings (SSSR count). The van der Waals surface area contributed by atoms with Crippen LogP contribution in [0.4, 0.5) is 5.69 Å². The summed E-state index contributed by atoms with van der Waals surface area (Å²) in [5.41, 5.74) is 1.88. The van der Waals surface area contributed by atoms with Crippen LogP contribution in [0.2, 0.25) is 5.02 Å². The second-order valence-corrected chi connectivity index (χ2v) is 5.06. The van der Waals surface area contributed by atoms with Crippen molar-refractivity contribution in [2.45, 2.75) is 6.92 Å². The van der Waals surface area contributed by atoms with Crippen molar-refractivity contribution in [2.24, 2.45) is 0 Å². The summed E-state index contributed by atoms with van der Waals surface area (Å²) in [6.07, 6.45) is 0. The molecule has 1 heterocycles. The molecule has 0 aliphatic heterocycles. The van der Waals surface area contributed by atoms with Crippen LogP contribution in [0.5, 0.6) is 0 Å². The molecule has 5 nitrogen and oxygen atoms in total. The lowest BCUT2D eigenvalue weighted by atomic mass is 10.1. The quantitative estimate of drug-likeness (QED) is 0.795. The van der Waals surface area contributed by atoms with Crippen LogP contribution in [0.25, 0.3) is 11.4 Å². The first-order valence-corrected chi connectivity index (χ1v) is 6.98. The summed E-state index contributed by atoms with van der Waals surface area (Å²) in [7, 11) is 0. The molecule has 2 aromatic carbocycles. The molecule has 1 amide bonds. The molecule has 6 heteroatoms. The lowest BCUT2D eigenvalue weighted by molar-refractivity contribution is 0.102.